The van der Waals surface area contributed by atoms with Gasteiger partial charge in [0.1, 0.15) is 0 Å². The molecule has 0 saturated carbocycles. The molecule has 3 heterocycles. The number of aromatic nitrogens is 4. The van der Waals surface area contributed by atoms with Gasteiger partial charge in [0.05, 0.1) is 36.2 Å². The van der Waals surface area contributed by atoms with Crippen molar-refractivity contribution in [2.24, 2.45) is 0 Å². The first kappa shape index (κ1) is 20.9. The van der Waals surface area contributed by atoms with Gasteiger partial charge in [0.2, 0.25) is 5.13 Å². The number of hydrogen-bond acceptors (Lipinski definition) is 6. The summed E-state index contributed by atoms with van der Waals surface area (Å²) in [5.74, 6) is 0. The standard InChI is InChI=1S/C20H18Cl2N4S3/c1-10(2)27-19-18(13-5-6-15(21)16(22)8-13)23-20(28-19)26-9-14(12(4)24-26)17-7-11(3)25-29-17/h5-10H,1-4H3. The van der Waals surface area contributed by atoms with E-state index in [1.165, 1.54) is 11.5 Å². The molecule has 9 heteroatoms. The van der Waals surface area contributed by atoms with Crippen molar-refractivity contribution in [2.45, 2.75) is 37.2 Å². The average molecular weight is 481 g/mol. The quantitative estimate of drug-likeness (QED) is 0.276. The van der Waals surface area contributed by atoms with E-state index in [1.54, 1.807) is 23.1 Å². The predicted octanol–water partition coefficient (Wildman–Crippen LogP) is 7.54. The summed E-state index contributed by atoms with van der Waals surface area (Å²) in [6.45, 7) is 8.35. The van der Waals surface area contributed by atoms with Crippen molar-refractivity contribution in [3.05, 3.63) is 51.9 Å². The van der Waals surface area contributed by atoms with E-state index in [0.717, 1.165) is 42.4 Å². The summed E-state index contributed by atoms with van der Waals surface area (Å²) in [5, 5.41) is 7.03. The summed E-state index contributed by atoms with van der Waals surface area (Å²) in [6.07, 6.45) is 2.03. The van der Waals surface area contributed by atoms with Gasteiger partial charge in [-0.15, -0.1) is 11.8 Å². The zero-order valence-corrected chi connectivity index (χ0v) is 20.2. The van der Waals surface area contributed by atoms with Crippen molar-refractivity contribution in [3.8, 4) is 26.8 Å². The highest BCUT2D eigenvalue weighted by Gasteiger charge is 2.19. The molecule has 0 bridgehead atoms. The van der Waals surface area contributed by atoms with Crippen LogP contribution in [0.2, 0.25) is 10.0 Å². The van der Waals surface area contributed by atoms with Gasteiger partial charge in [-0.05, 0) is 43.6 Å². The monoisotopic (exact) mass is 480 g/mol. The van der Waals surface area contributed by atoms with Gasteiger partial charge < -0.3 is 0 Å². The molecule has 0 aliphatic heterocycles. The lowest BCUT2D eigenvalue weighted by Crippen LogP contribution is -1.94. The zero-order valence-electron chi connectivity index (χ0n) is 16.2. The first-order chi connectivity index (χ1) is 13.8. The van der Waals surface area contributed by atoms with E-state index in [4.69, 9.17) is 33.3 Å². The molecule has 0 amide bonds. The fourth-order valence-corrected chi connectivity index (χ4v) is 6.37. The molecule has 1 aromatic carbocycles. The van der Waals surface area contributed by atoms with Crippen molar-refractivity contribution >= 4 is 57.8 Å². The second-order valence-electron chi connectivity index (χ2n) is 6.83. The maximum Gasteiger partial charge on any atom is 0.211 e. The van der Waals surface area contributed by atoms with Crippen LogP contribution >= 0.6 is 57.8 Å². The van der Waals surface area contributed by atoms with E-state index in [9.17, 15) is 0 Å². The molecule has 0 spiro atoms. The van der Waals surface area contributed by atoms with Crippen LogP contribution in [-0.4, -0.2) is 24.4 Å². The molecule has 4 rings (SSSR count). The Morgan fingerprint density at radius 3 is 2.55 bits per heavy atom. The van der Waals surface area contributed by atoms with Gasteiger partial charge >= 0.3 is 0 Å². The minimum absolute atomic E-state index is 0.430. The second-order valence-corrected chi connectivity index (χ2v) is 11.3. The van der Waals surface area contributed by atoms with E-state index < -0.39 is 0 Å². The highest BCUT2D eigenvalue weighted by molar-refractivity contribution is 8.01. The van der Waals surface area contributed by atoms with Crippen molar-refractivity contribution in [1.29, 1.82) is 0 Å². The van der Waals surface area contributed by atoms with Crippen LogP contribution in [0.15, 0.2) is 34.7 Å². The normalized spacial score (nSPS) is 11.6. The fraction of sp³-hybridized carbons (Fsp3) is 0.250. The minimum Gasteiger partial charge on any atom is -0.217 e. The molecule has 4 nitrogen and oxygen atoms in total. The minimum atomic E-state index is 0.430. The Morgan fingerprint density at radius 1 is 1.10 bits per heavy atom. The molecule has 150 valence electrons. The van der Waals surface area contributed by atoms with E-state index in [0.29, 0.717) is 15.3 Å². The maximum absolute atomic E-state index is 6.25. The predicted molar refractivity (Wildman–Crippen MR) is 126 cm³/mol. The third-order valence-electron chi connectivity index (χ3n) is 4.11. The summed E-state index contributed by atoms with van der Waals surface area (Å²) < 4.78 is 7.38. The fourth-order valence-electron chi connectivity index (χ4n) is 2.80. The molecular weight excluding hydrogens is 463 g/mol. The first-order valence-electron chi connectivity index (χ1n) is 8.95. The van der Waals surface area contributed by atoms with E-state index in [1.807, 2.05) is 42.9 Å². The number of rotatable bonds is 5. The smallest absolute Gasteiger partial charge is 0.211 e. The van der Waals surface area contributed by atoms with Crippen LogP contribution in [0.5, 0.6) is 0 Å². The lowest BCUT2D eigenvalue weighted by atomic mass is 10.2. The van der Waals surface area contributed by atoms with Gasteiger partial charge in [-0.3, -0.25) is 0 Å². The molecule has 0 unspecified atom stereocenters. The van der Waals surface area contributed by atoms with E-state index in [2.05, 4.69) is 24.3 Å². The van der Waals surface area contributed by atoms with Crippen molar-refractivity contribution < 1.29 is 0 Å². The van der Waals surface area contributed by atoms with Crippen LogP contribution in [-0.2, 0) is 0 Å². The van der Waals surface area contributed by atoms with Gasteiger partial charge in [-0.1, -0.05) is 54.5 Å². The molecule has 0 radical (unpaired) electrons. The average Bonchev–Trinajstić information content (AvgIpc) is 3.35. The maximum atomic E-state index is 6.25. The van der Waals surface area contributed by atoms with Crippen molar-refractivity contribution in [1.82, 2.24) is 19.1 Å². The third-order valence-corrected chi connectivity index (χ3v) is 8.02. The van der Waals surface area contributed by atoms with Crippen LogP contribution in [0.25, 0.3) is 26.8 Å². The van der Waals surface area contributed by atoms with Gasteiger partial charge in [-0.2, -0.15) is 9.47 Å². The van der Waals surface area contributed by atoms with Crippen LogP contribution in [0, 0.1) is 13.8 Å². The molecule has 0 atom stereocenters. The Kier molecular flexibility index (Phi) is 6.04. The molecule has 0 aliphatic carbocycles. The van der Waals surface area contributed by atoms with Crippen LogP contribution in [0.1, 0.15) is 25.2 Å². The van der Waals surface area contributed by atoms with Gasteiger partial charge in [-0.25, -0.2) is 9.67 Å². The molecule has 0 saturated heterocycles. The van der Waals surface area contributed by atoms with Crippen molar-refractivity contribution in [2.75, 3.05) is 0 Å². The Hall–Kier alpha value is -1.38. The van der Waals surface area contributed by atoms with E-state index >= 15 is 0 Å². The van der Waals surface area contributed by atoms with Crippen LogP contribution < -0.4 is 0 Å². The topological polar surface area (TPSA) is 43.6 Å². The number of thiazole rings is 1. The van der Waals surface area contributed by atoms with E-state index in [-0.39, 0.29) is 0 Å². The molecule has 0 N–H and O–H groups in total. The molecule has 3 aromatic heterocycles. The Balaban J connectivity index is 1.79. The number of thioether (sulfide) groups is 1. The Morgan fingerprint density at radius 2 is 1.90 bits per heavy atom. The lowest BCUT2D eigenvalue weighted by molar-refractivity contribution is 0.853. The summed E-state index contributed by atoms with van der Waals surface area (Å²) in [6, 6.07) is 7.72. The molecule has 4 aromatic rings. The Labute approximate surface area is 192 Å². The Bertz CT molecular complexity index is 1180. The van der Waals surface area contributed by atoms with Crippen LogP contribution in [0.3, 0.4) is 0 Å². The molecular formula is C20H18Cl2N4S3. The van der Waals surface area contributed by atoms with Gasteiger partial charge in [0.15, 0.2) is 0 Å². The third kappa shape index (κ3) is 4.39. The highest BCUT2D eigenvalue weighted by atomic mass is 35.5. The number of aryl methyl sites for hydroxylation is 2. The highest BCUT2D eigenvalue weighted by Crippen LogP contribution is 2.41. The number of nitrogens with zero attached hydrogens (tertiary/aromatic N) is 4. The lowest BCUT2D eigenvalue weighted by Gasteiger charge is -2.05. The number of halogens is 2. The number of benzene rings is 1. The van der Waals surface area contributed by atoms with Crippen LogP contribution in [0.4, 0.5) is 0 Å². The van der Waals surface area contributed by atoms with Gasteiger partial charge in [0.25, 0.3) is 0 Å². The van der Waals surface area contributed by atoms with Gasteiger partial charge in [0, 0.05) is 22.6 Å². The molecule has 0 fully saturated rings. The summed E-state index contributed by atoms with van der Waals surface area (Å²) in [5.41, 5.74) is 4.92. The summed E-state index contributed by atoms with van der Waals surface area (Å²) >= 11 is 17.3. The summed E-state index contributed by atoms with van der Waals surface area (Å²) in [7, 11) is 0. The molecule has 0 aliphatic rings. The second kappa shape index (κ2) is 8.40. The zero-order chi connectivity index (χ0) is 20.7. The molecule has 29 heavy (non-hydrogen) atoms. The largest absolute Gasteiger partial charge is 0.217 e. The number of hydrogen-bond donors (Lipinski definition) is 0. The first-order valence-corrected chi connectivity index (χ1v) is 12.2. The van der Waals surface area contributed by atoms with Crippen molar-refractivity contribution in [3.63, 3.8) is 0 Å². The summed E-state index contributed by atoms with van der Waals surface area (Å²) in [4.78, 5) is 6.03. The SMILES string of the molecule is Cc1cc(-c2cn(-c3nc(-c4ccc(Cl)c(Cl)c4)c(SC(C)C)s3)nc2C)sn1.